The number of nitrogen functional groups attached to an aromatic ring is 1. The molecule has 2 aromatic heterocycles. The molecular formula is C16H14N4O2S. The summed E-state index contributed by atoms with van der Waals surface area (Å²) in [6.45, 7) is 0. The van der Waals surface area contributed by atoms with Gasteiger partial charge in [0.2, 0.25) is 11.6 Å². The van der Waals surface area contributed by atoms with E-state index >= 15 is 0 Å². The first-order valence-electron chi connectivity index (χ1n) is 6.96. The van der Waals surface area contributed by atoms with Gasteiger partial charge in [-0.15, -0.1) is 16.4 Å². The lowest BCUT2D eigenvalue weighted by atomic mass is 10.1. The number of nitrogens with zero attached hydrogens (tertiary/aromatic N) is 2. The van der Waals surface area contributed by atoms with E-state index in [1.165, 1.54) is 6.33 Å². The van der Waals surface area contributed by atoms with Crippen LogP contribution in [0.3, 0.4) is 0 Å². The predicted octanol–water partition coefficient (Wildman–Crippen LogP) is 2.03. The number of H-pyrrole nitrogens is 1. The van der Waals surface area contributed by atoms with Crippen LogP contribution in [0.2, 0.25) is 0 Å². The highest BCUT2D eigenvalue weighted by Crippen LogP contribution is 2.20. The Labute approximate surface area is 136 Å². The number of carbonyl (C=O) groups is 2. The molecule has 3 rings (SSSR count). The topological polar surface area (TPSA) is 102 Å². The largest absolute Gasteiger partial charge is 0.399 e. The lowest BCUT2D eigenvalue weighted by Gasteiger charge is -1.99. The number of rotatable bonds is 6. The van der Waals surface area contributed by atoms with Gasteiger partial charge in [-0.05, 0) is 34.7 Å². The Hall–Kier alpha value is -2.80. The molecule has 0 radical (unpaired) electrons. The summed E-state index contributed by atoms with van der Waals surface area (Å²) in [4.78, 5) is 28.6. The van der Waals surface area contributed by atoms with Crippen molar-refractivity contribution in [3.63, 3.8) is 0 Å². The lowest BCUT2D eigenvalue weighted by Crippen LogP contribution is -2.17. The summed E-state index contributed by atoms with van der Waals surface area (Å²) in [5, 5.41) is 7.96. The second kappa shape index (κ2) is 6.53. The first-order valence-corrected chi connectivity index (χ1v) is 7.84. The first kappa shape index (κ1) is 15.1. The number of hydrogen-bond acceptors (Lipinski definition) is 6. The number of aromatic amines is 1. The monoisotopic (exact) mass is 326 g/mol. The molecule has 23 heavy (non-hydrogen) atoms. The van der Waals surface area contributed by atoms with E-state index < -0.39 is 11.6 Å². The molecule has 0 unspecified atom stereocenters. The van der Waals surface area contributed by atoms with Crippen LogP contribution in [0.5, 0.6) is 0 Å². The van der Waals surface area contributed by atoms with Crippen molar-refractivity contribution in [1.82, 2.24) is 15.2 Å². The molecule has 2 heterocycles. The van der Waals surface area contributed by atoms with Crippen molar-refractivity contribution in [2.45, 2.75) is 12.8 Å². The van der Waals surface area contributed by atoms with Crippen molar-refractivity contribution in [2.24, 2.45) is 0 Å². The number of nitrogens with one attached hydrogen (secondary N) is 1. The molecule has 0 aliphatic rings. The minimum absolute atomic E-state index is 0.0611. The van der Waals surface area contributed by atoms with Crippen LogP contribution in [0.4, 0.5) is 5.69 Å². The maximum Gasteiger partial charge on any atom is 0.267 e. The summed E-state index contributed by atoms with van der Waals surface area (Å²) in [6.07, 6.45) is 2.11. The van der Waals surface area contributed by atoms with Gasteiger partial charge in [0.25, 0.3) is 5.78 Å². The van der Waals surface area contributed by atoms with Crippen LogP contribution in [0, 0.1) is 0 Å². The SMILES string of the molecule is Nc1ccc(Cc2cc(CC(=O)C(=O)c3nc[nH]n3)cs2)cc1. The molecule has 0 bridgehead atoms. The molecule has 0 amide bonds. The fraction of sp³-hybridized carbons (Fsp3) is 0.125. The minimum atomic E-state index is -0.669. The average molecular weight is 326 g/mol. The van der Waals surface area contributed by atoms with Crippen LogP contribution >= 0.6 is 11.3 Å². The van der Waals surface area contributed by atoms with Crippen molar-refractivity contribution in [1.29, 1.82) is 0 Å². The fourth-order valence-corrected chi connectivity index (χ4v) is 3.08. The maximum absolute atomic E-state index is 12.0. The lowest BCUT2D eigenvalue weighted by molar-refractivity contribution is -0.114. The molecule has 0 atom stereocenters. The van der Waals surface area contributed by atoms with E-state index in [-0.39, 0.29) is 12.2 Å². The third kappa shape index (κ3) is 3.70. The smallest absolute Gasteiger partial charge is 0.267 e. The standard InChI is InChI=1S/C16H14N4O2S/c17-12-3-1-10(2-4-12)5-13-6-11(8-23-13)7-14(21)15(22)16-18-9-19-20-16/h1-4,6,8-9H,5,7,17H2,(H,18,19,20). The number of nitrogens with two attached hydrogens (primary N) is 1. The number of ketones is 2. The molecule has 116 valence electrons. The maximum atomic E-state index is 12.0. The minimum Gasteiger partial charge on any atom is -0.399 e. The summed E-state index contributed by atoms with van der Waals surface area (Å²) < 4.78 is 0. The van der Waals surface area contributed by atoms with Crippen LogP contribution in [0.15, 0.2) is 42.0 Å². The molecule has 0 aliphatic carbocycles. The Bertz CT molecular complexity index is 822. The van der Waals surface area contributed by atoms with E-state index in [0.717, 1.165) is 28.1 Å². The van der Waals surface area contributed by atoms with E-state index in [2.05, 4.69) is 15.2 Å². The zero-order chi connectivity index (χ0) is 16.2. The third-order valence-electron chi connectivity index (χ3n) is 3.30. The van der Waals surface area contributed by atoms with E-state index in [9.17, 15) is 9.59 Å². The number of Topliss-reactive ketones (excluding diaryl/α,β-unsaturated/α-hetero) is 2. The van der Waals surface area contributed by atoms with Crippen molar-refractivity contribution in [3.8, 4) is 0 Å². The number of carbonyl (C=O) groups excluding carboxylic acids is 2. The molecule has 3 aromatic rings. The fourth-order valence-electron chi connectivity index (χ4n) is 2.16. The number of aromatic nitrogens is 3. The Morgan fingerprint density at radius 2 is 1.96 bits per heavy atom. The van der Waals surface area contributed by atoms with Gasteiger partial charge in [-0.2, -0.15) is 0 Å². The van der Waals surface area contributed by atoms with Crippen LogP contribution in [0.25, 0.3) is 0 Å². The molecular weight excluding hydrogens is 312 g/mol. The highest BCUT2D eigenvalue weighted by atomic mass is 32.1. The molecule has 7 heteroatoms. The molecule has 6 nitrogen and oxygen atoms in total. The summed E-state index contributed by atoms with van der Waals surface area (Å²) >= 11 is 1.57. The Balaban J connectivity index is 1.64. The van der Waals surface area contributed by atoms with Gasteiger partial charge in [0.1, 0.15) is 6.33 Å². The van der Waals surface area contributed by atoms with Crippen LogP contribution in [0.1, 0.15) is 26.6 Å². The highest BCUT2D eigenvalue weighted by Gasteiger charge is 2.20. The van der Waals surface area contributed by atoms with Gasteiger partial charge >= 0.3 is 0 Å². The van der Waals surface area contributed by atoms with Gasteiger partial charge in [-0.1, -0.05) is 12.1 Å². The molecule has 0 aliphatic heterocycles. The summed E-state index contributed by atoms with van der Waals surface area (Å²) in [6, 6.07) is 9.63. The zero-order valence-corrected chi connectivity index (χ0v) is 13.0. The van der Waals surface area contributed by atoms with Gasteiger partial charge in [0.05, 0.1) is 0 Å². The van der Waals surface area contributed by atoms with Gasteiger partial charge in [0.15, 0.2) is 0 Å². The van der Waals surface area contributed by atoms with E-state index in [0.29, 0.717) is 0 Å². The Morgan fingerprint density at radius 1 is 1.17 bits per heavy atom. The van der Waals surface area contributed by atoms with Crippen molar-refractivity contribution in [3.05, 3.63) is 63.9 Å². The van der Waals surface area contributed by atoms with Gasteiger partial charge < -0.3 is 5.73 Å². The average Bonchev–Trinajstić information content (AvgIpc) is 3.21. The quantitative estimate of drug-likeness (QED) is 0.410. The normalized spacial score (nSPS) is 10.6. The van der Waals surface area contributed by atoms with Gasteiger partial charge in [-0.25, -0.2) is 4.98 Å². The number of benzene rings is 1. The molecule has 0 saturated carbocycles. The Kier molecular flexibility index (Phi) is 4.29. The second-order valence-corrected chi connectivity index (χ2v) is 6.09. The third-order valence-corrected chi connectivity index (χ3v) is 4.29. The second-order valence-electron chi connectivity index (χ2n) is 5.09. The zero-order valence-electron chi connectivity index (χ0n) is 12.2. The predicted molar refractivity (Wildman–Crippen MR) is 87.4 cm³/mol. The van der Waals surface area contributed by atoms with Crippen molar-refractivity contribution in [2.75, 3.05) is 5.73 Å². The molecule has 0 saturated heterocycles. The molecule has 0 fully saturated rings. The molecule has 0 spiro atoms. The highest BCUT2D eigenvalue weighted by molar-refractivity contribution is 7.10. The molecule has 3 N–H and O–H groups in total. The van der Waals surface area contributed by atoms with Gasteiger partial charge in [0, 0.05) is 23.4 Å². The summed E-state index contributed by atoms with van der Waals surface area (Å²) in [5.74, 6) is -1.27. The number of thiophene rings is 1. The number of anilines is 1. The van der Waals surface area contributed by atoms with Crippen molar-refractivity contribution < 1.29 is 9.59 Å². The number of hydrogen-bond donors (Lipinski definition) is 2. The van der Waals surface area contributed by atoms with E-state index in [1.54, 1.807) is 11.3 Å². The Morgan fingerprint density at radius 3 is 2.65 bits per heavy atom. The van der Waals surface area contributed by atoms with Crippen LogP contribution in [-0.2, 0) is 17.6 Å². The van der Waals surface area contributed by atoms with Gasteiger partial charge in [-0.3, -0.25) is 14.7 Å². The molecule has 1 aromatic carbocycles. The first-order chi connectivity index (χ1) is 11.1. The summed E-state index contributed by atoms with van der Waals surface area (Å²) in [5.41, 5.74) is 8.38. The van der Waals surface area contributed by atoms with E-state index in [4.69, 9.17) is 5.73 Å². The van der Waals surface area contributed by atoms with Crippen molar-refractivity contribution >= 4 is 28.6 Å². The van der Waals surface area contributed by atoms with E-state index in [1.807, 2.05) is 35.7 Å². The van der Waals surface area contributed by atoms with Crippen LogP contribution in [-0.4, -0.2) is 26.7 Å². The van der Waals surface area contributed by atoms with Crippen LogP contribution < -0.4 is 5.73 Å². The summed E-state index contributed by atoms with van der Waals surface area (Å²) in [7, 11) is 0.